The summed E-state index contributed by atoms with van der Waals surface area (Å²) in [4.78, 5) is 0. The van der Waals surface area contributed by atoms with Gasteiger partial charge in [0.15, 0.2) is 0 Å². The molecule has 0 N–H and O–H groups in total. The van der Waals surface area contributed by atoms with Crippen molar-refractivity contribution in [3.8, 4) is 0 Å². The molecular formula is C8H15BrF2. The topological polar surface area (TPSA) is 0 Å². The van der Waals surface area contributed by atoms with Crippen LogP contribution in [0.2, 0.25) is 0 Å². The Kier molecular flexibility index (Phi) is 5.23. The molecule has 1 atom stereocenters. The summed E-state index contributed by atoms with van der Waals surface area (Å²) < 4.78 is 24.7. The van der Waals surface area contributed by atoms with Gasteiger partial charge >= 0.3 is 0 Å². The molecule has 0 fully saturated rings. The standard InChI is InChI=1S/C8H15BrF2/c1-3-7(6-9)4-5-8(2,10)11/h7H,3-6H2,1-2H3. The summed E-state index contributed by atoms with van der Waals surface area (Å²) in [7, 11) is 0. The van der Waals surface area contributed by atoms with E-state index in [0.29, 0.717) is 12.3 Å². The minimum atomic E-state index is -2.49. The molecule has 0 aromatic carbocycles. The molecule has 1 unspecified atom stereocenters. The van der Waals surface area contributed by atoms with Gasteiger partial charge in [-0.1, -0.05) is 29.3 Å². The van der Waals surface area contributed by atoms with Crippen LogP contribution in [0.25, 0.3) is 0 Å². The molecule has 0 radical (unpaired) electrons. The predicted molar refractivity (Wildman–Crippen MR) is 47.4 cm³/mol. The van der Waals surface area contributed by atoms with E-state index < -0.39 is 5.92 Å². The summed E-state index contributed by atoms with van der Waals surface area (Å²) in [6.45, 7) is 3.01. The molecule has 0 aromatic heterocycles. The molecule has 0 saturated heterocycles. The normalized spacial score (nSPS) is 15.0. The highest BCUT2D eigenvalue weighted by Crippen LogP contribution is 2.24. The van der Waals surface area contributed by atoms with E-state index in [1.54, 1.807) is 0 Å². The lowest BCUT2D eigenvalue weighted by Gasteiger charge is -2.14. The lowest BCUT2D eigenvalue weighted by Crippen LogP contribution is -2.12. The number of alkyl halides is 3. The molecule has 0 saturated carbocycles. The highest BCUT2D eigenvalue weighted by Gasteiger charge is 2.21. The zero-order valence-corrected chi connectivity index (χ0v) is 8.63. The van der Waals surface area contributed by atoms with Gasteiger partial charge in [0.1, 0.15) is 0 Å². The highest BCUT2D eigenvalue weighted by molar-refractivity contribution is 9.09. The third-order valence-electron chi connectivity index (χ3n) is 1.79. The van der Waals surface area contributed by atoms with Crippen molar-refractivity contribution in [3.63, 3.8) is 0 Å². The molecule has 0 aromatic rings. The Balaban J connectivity index is 3.51. The molecule has 0 rings (SSSR count). The Morgan fingerprint density at radius 3 is 2.27 bits per heavy atom. The van der Waals surface area contributed by atoms with Crippen molar-refractivity contribution in [3.05, 3.63) is 0 Å². The van der Waals surface area contributed by atoms with Gasteiger partial charge in [-0.25, -0.2) is 8.78 Å². The van der Waals surface area contributed by atoms with E-state index in [9.17, 15) is 8.78 Å². The fourth-order valence-corrected chi connectivity index (χ4v) is 1.63. The Hall–Kier alpha value is 0.340. The number of rotatable bonds is 5. The van der Waals surface area contributed by atoms with Crippen LogP contribution >= 0.6 is 15.9 Å². The average Bonchev–Trinajstić information content (AvgIpc) is 1.88. The SMILES string of the molecule is CCC(CBr)CCC(C)(F)F. The third kappa shape index (κ3) is 6.73. The van der Waals surface area contributed by atoms with E-state index in [2.05, 4.69) is 15.9 Å². The Bertz CT molecular complexity index is 94.8. The third-order valence-corrected chi connectivity index (χ3v) is 2.70. The van der Waals surface area contributed by atoms with Crippen molar-refractivity contribution in [1.29, 1.82) is 0 Å². The first-order valence-corrected chi connectivity index (χ1v) is 5.05. The molecule has 3 heteroatoms. The van der Waals surface area contributed by atoms with E-state index in [1.165, 1.54) is 0 Å². The van der Waals surface area contributed by atoms with Crippen LogP contribution in [0.4, 0.5) is 8.78 Å². The van der Waals surface area contributed by atoms with Crippen LogP contribution in [0.1, 0.15) is 33.1 Å². The maximum Gasteiger partial charge on any atom is 0.245 e. The Morgan fingerprint density at radius 2 is 2.00 bits per heavy atom. The molecule has 0 amide bonds. The van der Waals surface area contributed by atoms with Crippen LogP contribution in [0.15, 0.2) is 0 Å². The van der Waals surface area contributed by atoms with Crippen LogP contribution in [0, 0.1) is 5.92 Å². The van der Waals surface area contributed by atoms with Gasteiger partial charge in [0, 0.05) is 11.8 Å². The van der Waals surface area contributed by atoms with E-state index in [4.69, 9.17) is 0 Å². The molecule has 0 aliphatic carbocycles. The smallest absolute Gasteiger partial charge is 0.207 e. The minimum Gasteiger partial charge on any atom is -0.207 e. The van der Waals surface area contributed by atoms with Crippen LogP contribution in [-0.2, 0) is 0 Å². The first kappa shape index (κ1) is 11.3. The highest BCUT2D eigenvalue weighted by atomic mass is 79.9. The molecule has 0 aliphatic heterocycles. The zero-order chi connectivity index (χ0) is 8.91. The van der Waals surface area contributed by atoms with E-state index in [1.807, 2.05) is 6.92 Å². The summed E-state index contributed by atoms with van der Waals surface area (Å²) >= 11 is 3.30. The molecule has 0 aliphatic rings. The minimum absolute atomic E-state index is 0.0110. The summed E-state index contributed by atoms with van der Waals surface area (Å²) in [6, 6.07) is 0. The number of hydrogen-bond acceptors (Lipinski definition) is 0. The quantitative estimate of drug-likeness (QED) is 0.628. The van der Waals surface area contributed by atoms with Crippen molar-refractivity contribution >= 4 is 15.9 Å². The zero-order valence-electron chi connectivity index (χ0n) is 7.04. The average molecular weight is 229 g/mol. The first-order valence-electron chi connectivity index (χ1n) is 3.93. The van der Waals surface area contributed by atoms with E-state index in [0.717, 1.165) is 18.7 Å². The molecule has 0 bridgehead atoms. The Labute approximate surface area is 75.5 Å². The molecular weight excluding hydrogens is 214 g/mol. The van der Waals surface area contributed by atoms with Crippen LogP contribution in [0.3, 0.4) is 0 Å². The Morgan fingerprint density at radius 1 is 1.45 bits per heavy atom. The van der Waals surface area contributed by atoms with Gasteiger partial charge in [-0.3, -0.25) is 0 Å². The van der Waals surface area contributed by atoms with Gasteiger partial charge < -0.3 is 0 Å². The maximum absolute atomic E-state index is 12.3. The van der Waals surface area contributed by atoms with Crippen molar-refractivity contribution in [1.82, 2.24) is 0 Å². The fraction of sp³-hybridized carbons (Fsp3) is 1.00. The lowest BCUT2D eigenvalue weighted by molar-refractivity contribution is 0.00734. The van der Waals surface area contributed by atoms with Crippen molar-refractivity contribution in [2.24, 2.45) is 5.92 Å². The summed E-state index contributed by atoms with van der Waals surface area (Å²) in [5, 5.41) is 0.833. The predicted octanol–water partition coefficient (Wildman–Crippen LogP) is 3.84. The monoisotopic (exact) mass is 228 g/mol. The van der Waals surface area contributed by atoms with Crippen molar-refractivity contribution < 1.29 is 8.78 Å². The van der Waals surface area contributed by atoms with Crippen molar-refractivity contribution in [2.75, 3.05) is 5.33 Å². The summed E-state index contributed by atoms with van der Waals surface area (Å²) in [5.41, 5.74) is 0. The molecule has 0 nitrogen and oxygen atoms in total. The fourth-order valence-electron chi connectivity index (χ4n) is 0.848. The molecule has 68 valence electrons. The van der Waals surface area contributed by atoms with E-state index in [-0.39, 0.29) is 6.42 Å². The molecule has 0 spiro atoms. The number of halogens is 3. The lowest BCUT2D eigenvalue weighted by atomic mass is 10.0. The van der Waals surface area contributed by atoms with Gasteiger partial charge in [0.25, 0.3) is 0 Å². The van der Waals surface area contributed by atoms with Crippen LogP contribution < -0.4 is 0 Å². The molecule has 11 heavy (non-hydrogen) atoms. The van der Waals surface area contributed by atoms with Gasteiger partial charge in [0.05, 0.1) is 0 Å². The van der Waals surface area contributed by atoms with E-state index >= 15 is 0 Å². The largest absolute Gasteiger partial charge is 0.245 e. The second-order valence-electron chi connectivity index (χ2n) is 3.04. The van der Waals surface area contributed by atoms with Gasteiger partial charge in [0.2, 0.25) is 5.92 Å². The summed E-state index contributed by atoms with van der Waals surface area (Å²) in [5.74, 6) is -2.09. The first-order chi connectivity index (χ1) is 4.99. The van der Waals surface area contributed by atoms with Crippen LogP contribution in [-0.4, -0.2) is 11.3 Å². The van der Waals surface area contributed by atoms with Crippen molar-refractivity contribution in [2.45, 2.75) is 39.0 Å². The van der Waals surface area contributed by atoms with Gasteiger partial charge in [-0.15, -0.1) is 0 Å². The van der Waals surface area contributed by atoms with Crippen LogP contribution in [0.5, 0.6) is 0 Å². The van der Waals surface area contributed by atoms with Gasteiger partial charge in [-0.05, 0) is 19.3 Å². The number of hydrogen-bond donors (Lipinski definition) is 0. The van der Waals surface area contributed by atoms with Gasteiger partial charge in [-0.2, -0.15) is 0 Å². The maximum atomic E-state index is 12.3. The molecule has 0 heterocycles. The second-order valence-corrected chi connectivity index (χ2v) is 3.68. The second kappa shape index (κ2) is 5.07. The summed E-state index contributed by atoms with van der Waals surface area (Å²) in [6.07, 6.45) is 1.60.